The summed E-state index contributed by atoms with van der Waals surface area (Å²) >= 11 is 0. The number of rotatable bonds is 7. The van der Waals surface area contributed by atoms with E-state index >= 15 is 0 Å². The number of ether oxygens (including phenoxy) is 1. The standard InChI is InChI=1S/C20H25NO6/c1-6-10(2)17(19(23)24)21-16(22)9-26-15-8-7-14-11(3)12(4)20(25)27-18(14)13(15)5/h7-8,10,17H,6,9H2,1-5H3,(H,21,22)(H,23,24)/t10-,17+/m1/s1. The summed E-state index contributed by atoms with van der Waals surface area (Å²) in [4.78, 5) is 35.3. The van der Waals surface area contributed by atoms with E-state index in [4.69, 9.17) is 9.15 Å². The maximum Gasteiger partial charge on any atom is 0.339 e. The Kier molecular flexibility index (Phi) is 6.25. The number of carboxylic acids is 1. The molecule has 0 aliphatic heterocycles. The van der Waals surface area contributed by atoms with E-state index in [0.717, 1.165) is 10.9 Å². The van der Waals surface area contributed by atoms with Crippen molar-refractivity contribution in [2.24, 2.45) is 5.92 Å². The molecule has 0 radical (unpaired) electrons. The summed E-state index contributed by atoms with van der Waals surface area (Å²) in [5.41, 5.74) is 2.02. The van der Waals surface area contributed by atoms with Crippen LogP contribution >= 0.6 is 0 Å². The number of fused-ring (bicyclic) bond motifs is 1. The summed E-state index contributed by atoms with van der Waals surface area (Å²) in [5, 5.41) is 12.5. The molecule has 2 rings (SSSR count). The quantitative estimate of drug-likeness (QED) is 0.721. The molecule has 1 aromatic heterocycles. The normalized spacial score (nSPS) is 13.2. The lowest BCUT2D eigenvalue weighted by molar-refractivity contribution is -0.143. The number of benzene rings is 1. The van der Waals surface area contributed by atoms with Crippen LogP contribution in [0, 0.1) is 26.7 Å². The van der Waals surface area contributed by atoms with Crippen LogP contribution in [0.4, 0.5) is 0 Å². The zero-order valence-corrected chi connectivity index (χ0v) is 16.2. The van der Waals surface area contributed by atoms with E-state index in [2.05, 4.69) is 5.32 Å². The maximum atomic E-state index is 12.1. The Morgan fingerprint density at radius 1 is 1.19 bits per heavy atom. The first-order chi connectivity index (χ1) is 12.7. The molecule has 0 saturated carbocycles. The zero-order chi connectivity index (χ0) is 20.3. The zero-order valence-electron chi connectivity index (χ0n) is 16.2. The van der Waals surface area contributed by atoms with Crippen LogP contribution in [0.3, 0.4) is 0 Å². The average molecular weight is 375 g/mol. The maximum absolute atomic E-state index is 12.1. The number of carboxylic acid groups (broad SMARTS) is 1. The van der Waals surface area contributed by atoms with Gasteiger partial charge in [0, 0.05) is 16.5 Å². The first-order valence-corrected chi connectivity index (χ1v) is 8.85. The molecule has 0 aliphatic carbocycles. The van der Waals surface area contributed by atoms with Gasteiger partial charge in [-0.1, -0.05) is 20.3 Å². The van der Waals surface area contributed by atoms with Gasteiger partial charge in [0.2, 0.25) is 0 Å². The first kappa shape index (κ1) is 20.5. The molecule has 0 bridgehead atoms. The highest BCUT2D eigenvalue weighted by molar-refractivity contribution is 5.86. The van der Waals surface area contributed by atoms with Crippen molar-refractivity contribution in [2.75, 3.05) is 6.61 Å². The second-order valence-corrected chi connectivity index (χ2v) is 6.76. The van der Waals surface area contributed by atoms with Crippen LogP contribution in [0.1, 0.15) is 37.0 Å². The predicted octanol–water partition coefficient (Wildman–Crippen LogP) is 2.71. The van der Waals surface area contributed by atoms with E-state index in [0.29, 0.717) is 28.9 Å². The van der Waals surface area contributed by atoms with Crippen LogP contribution in [-0.2, 0) is 9.59 Å². The molecule has 2 atom stereocenters. The Morgan fingerprint density at radius 3 is 2.44 bits per heavy atom. The lowest BCUT2D eigenvalue weighted by atomic mass is 9.99. The molecule has 7 nitrogen and oxygen atoms in total. The van der Waals surface area contributed by atoms with Crippen molar-refractivity contribution in [1.29, 1.82) is 0 Å². The van der Waals surface area contributed by atoms with Gasteiger partial charge in [-0.15, -0.1) is 0 Å². The molecular formula is C20H25NO6. The van der Waals surface area contributed by atoms with Crippen LogP contribution in [0.2, 0.25) is 0 Å². The van der Waals surface area contributed by atoms with E-state index in [1.807, 2.05) is 13.8 Å². The van der Waals surface area contributed by atoms with Gasteiger partial charge in [0.05, 0.1) is 0 Å². The van der Waals surface area contributed by atoms with Crippen LogP contribution in [-0.4, -0.2) is 29.6 Å². The van der Waals surface area contributed by atoms with Gasteiger partial charge in [-0.25, -0.2) is 9.59 Å². The molecule has 0 aliphatic rings. The minimum absolute atomic E-state index is 0.200. The van der Waals surface area contributed by atoms with Crippen molar-refractivity contribution in [3.8, 4) is 5.75 Å². The molecule has 0 unspecified atom stereocenters. The molecule has 0 fully saturated rings. The Hall–Kier alpha value is -2.83. The number of carbonyl (C=O) groups excluding carboxylic acids is 1. The monoisotopic (exact) mass is 375 g/mol. The third-order valence-corrected chi connectivity index (χ3v) is 4.98. The van der Waals surface area contributed by atoms with Crippen molar-refractivity contribution in [2.45, 2.75) is 47.1 Å². The largest absolute Gasteiger partial charge is 0.483 e. The van der Waals surface area contributed by atoms with Crippen LogP contribution in [0.25, 0.3) is 11.0 Å². The minimum Gasteiger partial charge on any atom is -0.483 e. The Labute approximate surface area is 157 Å². The second kappa shape index (κ2) is 8.24. The summed E-state index contributed by atoms with van der Waals surface area (Å²) in [5.74, 6) is -1.40. The molecule has 1 aromatic carbocycles. The molecule has 2 N–H and O–H groups in total. The molecule has 27 heavy (non-hydrogen) atoms. The van der Waals surface area contributed by atoms with Crippen molar-refractivity contribution >= 4 is 22.8 Å². The van der Waals surface area contributed by atoms with Crippen LogP contribution in [0.15, 0.2) is 21.3 Å². The Bertz CT molecular complexity index is 930. The molecule has 1 amide bonds. The third kappa shape index (κ3) is 4.30. The molecule has 0 spiro atoms. The summed E-state index contributed by atoms with van der Waals surface area (Å²) < 4.78 is 10.9. The van der Waals surface area contributed by atoms with Crippen molar-refractivity contribution in [3.05, 3.63) is 39.2 Å². The third-order valence-electron chi connectivity index (χ3n) is 4.98. The average Bonchev–Trinajstić information content (AvgIpc) is 2.63. The van der Waals surface area contributed by atoms with Crippen molar-refractivity contribution < 1.29 is 23.8 Å². The van der Waals surface area contributed by atoms with E-state index < -0.39 is 23.5 Å². The van der Waals surface area contributed by atoms with Gasteiger partial charge in [0.1, 0.15) is 17.4 Å². The van der Waals surface area contributed by atoms with Gasteiger partial charge in [0.25, 0.3) is 5.91 Å². The molecule has 2 aromatic rings. The highest BCUT2D eigenvalue weighted by atomic mass is 16.5. The van der Waals surface area contributed by atoms with Crippen LogP contribution in [0.5, 0.6) is 5.75 Å². The van der Waals surface area contributed by atoms with Crippen LogP contribution < -0.4 is 15.7 Å². The number of aryl methyl sites for hydroxylation is 2. The van der Waals surface area contributed by atoms with Gasteiger partial charge < -0.3 is 19.6 Å². The number of hydrogen-bond acceptors (Lipinski definition) is 5. The van der Waals surface area contributed by atoms with E-state index in [1.165, 1.54) is 0 Å². The fourth-order valence-corrected chi connectivity index (χ4v) is 2.82. The van der Waals surface area contributed by atoms with Gasteiger partial charge in [-0.3, -0.25) is 4.79 Å². The molecular weight excluding hydrogens is 350 g/mol. The summed E-state index contributed by atoms with van der Waals surface area (Å²) in [6.45, 7) is 8.59. The molecule has 1 heterocycles. The van der Waals surface area contributed by atoms with Crippen molar-refractivity contribution in [1.82, 2.24) is 5.32 Å². The number of hydrogen-bond donors (Lipinski definition) is 2. The summed E-state index contributed by atoms with van der Waals surface area (Å²) in [6, 6.07) is 2.52. The summed E-state index contributed by atoms with van der Waals surface area (Å²) in [6.07, 6.45) is 0.625. The molecule has 7 heteroatoms. The second-order valence-electron chi connectivity index (χ2n) is 6.76. The minimum atomic E-state index is -1.08. The highest BCUT2D eigenvalue weighted by Gasteiger charge is 2.25. The number of carbonyl (C=O) groups is 2. The SMILES string of the molecule is CC[C@@H](C)[C@H](NC(=O)COc1ccc2c(C)c(C)c(=O)oc2c1C)C(=O)O. The highest BCUT2D eigenvalue weighted by Crippen LogP contribution is 2.29. The van der Waals surface area contributed by atoms with Gasteiger partial charge in [-0.2, -0.15) is 0 Å². The van der Waals surface area contributed by atoms with Gasteiger partial charge in [-0.05, 0) is 44.4 Å². The van der Waals surface area contributed by atoms with E-state index in [9.17, 15) is 19.5 Å². The smallest absolute Gasteiger partial charge is 0.339 e. The lowest BCUT2D eigenvalue weighted by Crippen LogP contribution is -2.46. The fraction of sp³-hybridized carbons (Fsp3) is 0.450. The Morgan fingerprint density at radius 2 is 1.85 bits per heavy atom. The lowest BCUT2D eigenvalue weighted by Gasteiger charge is -2.20. The van der Waals surface area contributed by atoms with Gasteiger partial charge >= 0.3 is 11.6 Å². The predicted molar refractivity (Wildman–Crippen MR) is 101 cm³/mol. The topological polar surface area (TPSA) is 106 Å². The first-order valence-electron chi connectivity index (χ1n) is 8.85. The van der Waals surface area contributed by atoms with E-state index in [1.54, 1.807) is 32.9 Å². The Balaban J connectivity index is 2.18. The fourth-order valence-electron chi connectivity index (χ4n) is 2.82. The van der Waals surface area contributed by atoms with Crippen molar-refractivity contribution in [3.63, 3.8) is 0 Å². The number of nitrogens with one attached hydrogen (secondary N) is 1. The number of amides is 1. The summed E-state index contributed by atoms with van der Waals surface area (Å²) in [7, 11) is 0. The van der Waals surface area contributed by atoms with E-state index in [-0.39, 0.29) is 12.5 Å². The number of aliphatic carboxylic acids is 1. The van der Waals surface area contributed by atoms with Gasteiger partial charge in [0.15, 0.2) is 6.61 Å². The molecule has 0 saturated heterocycles. The molecule has 146 valence electrons.